The number of amides is 1. The van der Waals surface area contributed by atoms with Gasteiger partial charge in [-0.05, 0) is 12.1 Å². The highest BCUT2D eigenvalue weighted by Gasteiger charge is 2.27. The van der Waals surface area contributed by atoms with Crippen LogP contribution in [0, 0.1) is 0 Å². The maximum Gasteiger partial charge on any atom is 0.287 e. The van der Waals surface area contributed by atoms with Crippen LogP contribution < -0.4 is 10.2 Å². The van der Waals surface area contributed by atoms with Crippen LogP contribution in [0.3, 0.4) is 0 Å². The minimum atomic E-state index is -3.06. The molecule has 3 aromatic heterocycles. The number of aromatic nitrogens is 4. The number of alkyl halides is 2. The van der Waals surface area contributed by atoms with E-state index in [0.29, 0.717) is 22.5 Å². The van der Waals surface area contributed by atoms with Crippen LogP contribution in [0.1, 0.15) is 19.5 Å². The Labute approximate surface area is 148 Å². The molecule has 3 aromatic rings. The lowest BCUT2D eigenvalue weighted by atomic mass is 10.2. The average Bonchev–Trinajstić information content (AvgIpc) is 2.92. The average molecular weight is 360 g/mol. The fourth-order valence-corrected chi connectivity index (χ4v) is 2.53. The van der Waals surface area contributed by atoms with Gasteiger partial charge in [0.05, 0.1) is 10.9 Å². The van der Waals surface area contributed by atoms with Gasteiger partial charge in [0, 0.05) is 40.2 Å². The van der Waals surface area contributed by atoms with Gasteiger partial charge in [0.1, 0.15) is 11.5 Å². The molecule has 0 atom stereocenters. The van der Waals surface area contributed by atoms with Crippen molar-refractivity contribution in [2.45, 2.75) is 19.8 Å². The lowest BCUT2D eigenvalue weighted by molar-refractivity contribution is -0.114. The maximum atomic E-state index is 13.6. The van der Waals surface area contributed by atoms with Gasteiger partial charge in [0.25, 0.3) is 5.92 Å². The van der Waals surface area contributed by atoms with Gasteiger partial charge in [-0.3, -0.25) is 4.79 Å². The highest BCUT2D eigenvalue weighted by Crippen LogP contribution is 2.30. The summed E-state index contributed by atoms with van der Waals surface area (Å²) in [4.78, 5) is 21.3. The fraction of sp³-hybridized carbons (Fsp3) is 0.294. The van der Waals surface area contributed by atoms with Crippen LogP contribution >= 0.6 is 0 Å². The molecule has 3 rings (SSSR count). The normalized spacial score (nSPS) is 11.6. The molecule has 3 heterocycles. The molecule has 0 saturated carbocycles. The van der Waals surface area contributed by atoms with Crippen LogP contribution in [0.15, 0.2) is 30.5 Å². The highest BCUT2D eigenvalue weighted by molar-refractivity contribution is 5.95. The van der Waals surface area contributed by atoms with E-state index in [1.807, 2.05) is 14.1 Å². The van der Waals surface area contributed by atoms with E-state index in [0.717, 1.165) is 6.92 Å². The van der Waals surface area contributed by atoms with Crippen molar-refractivity contribution in [2.75, 3.05) is 24.3 Å². The topological polar surface area (TPSA) is 75.9 Å². The maximum absolute atomic E-state index is 13.6. The molecule has 0 aliphatic heterocycles. The van der Waals surface area contributed by atoms with Crippen molar-refractivity contribution in [3.8, 4) is 5.82 Å². The molecule has 136 valence electrons. The lowest BCUT2D eigenvalue weighted by Crippen LogP contribution is -2.13. The summed E-state index contributed by atoms with van der Waals surface area (Å²) in [6.07, 6.45) is 1.58. The second kappa shape index (κ2) is 6.32. The number of anilines is 2. The molecule has 0 unspecified atom stereocenters. The number of carbonyl (C=O) groups excluding carboxylic acids is 1. The number of fused-ring (bicyclic) bond motifs is 1. The van der Waals surface area contributed by atoms with Crippen molar-refractivity contribution in [2.24, 2.45) is 0 Å². The van der Waals surface area contributed by atoms with Gasteiger partial charge in [-0.15, -0.1) is 5.10 Å². The molecule has 9 heteroatoms. The number of hydrogen-bond donors (Lipinski definition) is 1. The summed E-state index contributed by atoms with van der Waals surface area (Å²) in [5, 5.41) is 7.80. The monoisotopic (exact) mass is 360 g/mol. The van der Waals surface area contributed by atoms with Crippen molar-refractivity contribution < 1.29 is 13.6 Å². The molecule has 0 aromatic carbocycles. The summed E-state index contributed by atoms with van der Waals surface area (Å²) in [5.74, 6) is -2.12. The van der Waals surface area contributed by atoms with Crippen molar-refractivity contribution in [1.29, 1.82) is 0 Å². The van der Waals surface area contributed by atoms with Crippen LogP contribution in [0.25, 0.3) is 16.7 Å². The lowest BCUT2D eigenvalue weighted by Gasteiger charge is -2.11. The summed E-state index contributed by atoms with van der Waals surface area (Å²) in [6.45, 7) is 2.17. The van der Waals surface area contributed by atoms with Crippen LogP contribution in [0.2, 0.25) is 0 Å². The molecule has 0 radical (unpaired) electrons. The summed E-state index contributed by atoms with van der Waals surface area (Å²) >= 11 is 0. The number of pyridine rings is 2. The van der Waals surface area contributed by atoms with E-state index in [2.05, 4.69) is 20.4 Å². The third-order valence-corrected chi connectivity index (χ3v) is 3.67. The smallest absolute Gasteiger partial charge is 0.287 e. The van der Waals surface area contributed by atoms with Gasteiger partial charge >= 0.3 is 0 Å². The molecule has 0 saturated heterocycles. The number of hydrogen-bond acceptors (Lipinski definition) is 5. The van der Waals surface area contributed by atoms with Gasteiger partial charge in [-0.25, -0.2) is 14.6 Å². The first-order valence-corrected chi connectivity index (χ1v) is 7.86. The number of rotatable bonds is 4. The second-order valence-corrected chi connectivity index (χ2v) is 6.17. The molecule has 0 aliphatic rings. The van der Waals surface area contributed by atoms with Crippen LogP contribution in [-0.4, -0.2) is 39.8 Å². The molecule has 0 spiro atoms. The van der Waals surface area contributed by atoms with E-state index in [4.69, 9.17) is 0 Å². The summed E-state index contributed by atoms with van der Waals surface area (Å²) < 4.78 is 28.8. The van der Waals surface area contributed by atoms with Gasteiger partial charge in [0.2, 0.25) is 5.91 Å². The Hall–Kier alpha value is -3.10. The quantitative estimate of drug-likeness (QED) is 0.774. The molecule has 0 fully saturated rings. The number of halogens is 2. The standard InChI is InChI=1S/C17H18F2N6O/c1-10(26)21-14-8-12-11(9-20-14)16(24(3)4)23-25(12)15-7-5-6-13(22-15)17(2,18)19/h5-9H,1-4H3,(H,20,21,26). The minimum absolute atomic E-state index is 0.252. The summed E-state index contributed by atoms with van der Waals surface area (Å²) in [6, 6.07) is 6.01. The minimum Gasteiger partial charge on any atom is -0.361 e. The molecule has 0 bridgehead atoms. The van der Waals surface area contributed by atoms with Crippen molar-refractivity contribution in [3.05, 3.63) is 36.2 Å². The Balaban J connectivity index is 2.23. The molecule has 1 N–H and O–H groups in total. The van der Waals surface area contributed by atoms with Crippen LogP contribution in [0.4, 0.5) is 20.4 Å². The van der Waals surface area contributed by atoms with E-state index in [1.54, 1.807) is 23.2 Å². The summed E-state index contributed by atoms with van der Waals surface area (Å²) in [7, 11) is 3.63. The first kappa shape index (κ1) is 17.7. The van der Waals surface area contributed by atoms with E-state index in [1.165, 1.54) is 23.7 Å². The first-order chi connectivity index (χ1) is 12.2. The second-order valence-electron chi connectivity index (χ2n) is 6.17. The van der Waals surface area contributed by atoms with E-state index < -0.39 is 5.92 Å². The molecule has 26 heavy (non-hydrogen) atoms. The number of carbonyl (C=O) groups is 1. The SMILES string of the molecule is CC(=O)Nc1cc2c(cn1)c(N(C)C)nn2-c1cccc(C(C)(F)F)n1. The Morgan fingerprint density at radius 3 is 2.65 bits per heavy atom. The zero-order chi connectivity index (χ0) is 19.1. The predicted octanol–water partition coefficient (Wildman–Crippen LogP) is 2.95. The Bertz CT molecular complexity index is 977. The van der Waals surface area contributed by atoms with Crippen molar-refractivity contribution in [1.82, 2.24) is 19.7 Å². The molecule has 0 aliphatic carbocycles. The van der Waals surface area contributed by atoms with Crippen molar-refractivity contribution >= 4 is 28.4 Å². The predicted molar refractivity (Wildman–Crippen MR) is 94.9 cm³/mol. The van der Waals surface area contributed by atoms with Gasteiger partial charge in [-0.2, -0.15) is 8.78 Å². The number of nitrogens with zero attached hydrogens (tertiary/aromatic N) is 5. The zero-order valence-electron chi connectivity index (χ0n) is 14.8. The Kier molecular flexibility index (Phi) is 4.31. The Morgan fingerprint density at radius 1 is 1.31 bits per heavy atom. The van der Waals surface area contributed by atoms with Crippen LogP contribution in [0.5, 0.6) is 0 Å². The Morgan fingerprint density at radius 2 is 2.04 bits per heavy atom. The summed E-state index contributed by atoms with van der Waals surface area (Å²) in [5.41, 5.74) is 0.248. The largest absolute Gasteiger partial charge is 0.361 e. The van der Waals surface area contributed by atoms with Gasteiger partial charge in [0.15, 0.2) is 11.6 Å². The molecular formula is C17H18F2N6O. The van der Waals surface area contributed by atoms with Crippen molar-refractivity contribution in [3.63, 3.8) is 0 Å². The fourth-order valence-electron chi connectivity index (χ4n) is 2.53. The van der Waals surface area contributed by atoms with Gasteiger partial charge < -0.3 is 10.2 Å². The molecule has 1 amide bonds. The van der Waals surface area contributed by atoms with Crippen LogP contribution in [-0.2, 0) is 10.7 Å². The third-order valence-electron chi connectivity index (χ3n) is 3.67. The van der Waals surface area contributed by atoms with E-state index >= 15 is 0 Å². The first-order valence-electron chi connectivity index (χ1n) is 7.86. The zero-order valence-corrected chi connectivity index (χ0v) is 14.8. The van der Waals surface area contributed by atoms with Gasteiger partial charge in [-0.1, -0.05) is 6.07 Å². The highest BCUT2D eigenvalue weighted by atomic mass is 19.3. The molecule has 7 nitrogen and oxygen atoms in total. The third kappa shape index (κ3) is 3.32. The van der Waals surface area contributed by atoms with E-state index in [9.17, 15) is 13.6 Å². The number of nitrogens with one attached hydrogen (secondary N) is 1. The molecular weight excluding hydrogens is 342 g/mol. The van der Waals surface area contributed by atoms with E-state index in [-0.39, 0.29) is 17.4 Å².